The molecule has 0 bridgehead atoms. The van der Waals surface area contributed by atoms with Gasteiger partial charge in [-0.25, -0.2) is 0 Å². The van der Waals surface area contributed by atoms with Gasteiger partial charge in [0.1, 0.15) is 0 Å². The molecule has 0 atom stereocenters. The van der Waals surface area contributed by atoms with Crippen molar-refractivity contribution in [1.82, 2.24) is 4.98 Å². The van der Waals surface area contributed by atoms with Gasteiger partial charge in [0.05, 0.1) is 0 Å². The van der Waals surface area contributed by atoms with Crippen LogP contribution in [0.4, 0.5) is 0 Å². The Bertz CT molecular complexity index is 614. The SMILES string of the molecule is c1ccc(-c2ccc3ccncc3c2)cc1. The number of hydrogen-bond donors (Lipinski definition) is 0. The standard InChI is InChI=1S/C15H11N/c1-2-4-12(5-3-1)14-7-6-13-8-9-16-11-15(13)10-14/h1-11H. The van der Waals surface area contributed by atoms with Crippen molar-refractivity contribution < 1.29 is 0 Å². The first-order valence-corrected chi connectivity index (χ1v) is 5.33. The molecule has 0 saturated carbocycles. The summed E-state index contributed by atoms with van der Waals surface area (Å²) in [6.45, 7) is 0. The van der Waals surface area contributed by atoms with E-state index in [0.717, 1.165) is 0 Å². The van der Waals surface area contributed by atoms with Crippen LogP contribution in [0.5, 0.6) is 0 Å². The lowest BCUT2D eigenvalue weighted by Gasteiger charge is -2.03. The van der Waals surface area contributed by atoms with Crippen LogP contribution >= 0.6 is 0 Å². The maximum Gasteiger partial charge on any atom is 0.0346 e. The van der Waals surface area contributed by atoms with Gasteiger partial charge in [-0.3, -0.25) is 4.98 Å². The van der Waals surface area contributed by atoms with Gasteiger partial charge in [0, 0.05) is 17.8 Å². The quantitative estimate of drug-likeness (QED) is 0.587. The Hall–Kier alpha value is -2.15. The van der Waals surface area contributed by atoms with Crippen molar-refractivity contribution in [1.29, 1.82) is 0 Å². The van der Waals surface area contributed by atoms with E-state index in [0.29, 0.717) is 0 Å². The Balaban J connectivity index is 2.19. The molecule has 1 heteroatoms. The highest BCUT2D eigenvalue weighted by Crippen LogP contribution is 2.23. The summed E-state index contributed by atoms with van der Waals surface area (Å²) >= 11 is 0. The molecule has 0 N–H and O–H groups in total. The van der Waals surface area contributed by atoms with E-state index >= 15 is 0 Å². The Morgan fingerprint density at radius 2 is 1.56 bits per heavy atom. The molecule has 16 heavy (non-hydrogen) atoms. The van der Waals surface area contributed by atoms with Gasteiger partial charge in [-0.15, -0.1) is 0 Å². The van der Waals surface area contributed by atoms with Crippen LogP contribution in [0.2, 0.25) is 0 Å². The molecular formula is C15H11N. The second-order valence-electron chi connectivity index (χ2n) is 3.80. The summed E-state index contributed by atoms with van der Waals surface area (Å²) in [4.78, 5) is 4.15. The maximum absolute atomic E-state index is 4.15. The van der Waals surface area contributed by atoms with Crippen LogP contribution in [0.1, 0.15) is 0 Å². The fourth-order valence-corrected chi connectivity index (χ4v) is 1.90. The number of pyridine rings is 1. The fraction of sp³-hybridized carbons (Fsp3) is 0. The minimum absolute atomic E-state index is 1.18. The fourth-order valence-electron chi connectivity index (χ4n) is 1.90. The highest BCUT2D eigenvalue weighted by molar-refractivity contribution is 5.86. The topological polar surface area (TPSA) is 12.9 Å². The van der Waals surface area contributed by atoms with E-state index in [4.69, 9.17) is 0 Å². The van der Waals surface area contributed by atoms with E-state index in [9.17, 15) is 0 Å². The summed E-state index contributed by atoms with van der Waals surface area (Å²) < 4.78 is 0. The summed E-state index contributed by atoms with van der Waals surface area (Å²) in [6.07, 6.45) is 3.73. The smallest absolute Gasteiger partial charge is 0.0346 e. The van der Waals surface area contributed by atoms with Crippen LogP contribution in [0.25, 0.3) is 21.9 Å². The molecule has 3 rings (SSSR count). The predicted octanol–water partition coefficient (Wildman–Crippen LogP) is 3.90. The lowest BCUT2D eigenvalue weighted by atomic mass is 10.0. The molecule has 0 spiro atoms. The third-order valence-electron chi connectivity index (χ3n) is 2.75. The number of fused-ring (bicyclic) bond motifs is 1. The van der Waals surface area contributed by atoms with Gasteiger partial charge < -0.3 is 0 Å². The molecule has 0 unspecified atom stereocenters. The minimum atomic E-state index is 1.18. The average Bonchev–Trinajstić information content (AvgIpc) is 2.39. The van der Waals surface area contributed by atoms with E-state index in [1.54, 1.807) is 0 Å². The second kappa shape index (κ2) is 3.78. The maximum atomic E-state index is 4.15. The lowest BCUT2D eigenvalue weighted by molar-refractivity contribution is 1.36. The zero-order chi connectivity index (χ0) is 10.8. The number of benzene rings is 2. The predicted molar refractivity (Wildman–Crippen MR) is 67.2 cm³/mol. The Kier molecular flexibility index (Phi) is 2.15. The Morgan fingerprint density at radius 1 is 0.688 bits per heavy atom. The van der Waals surface area contributed by atoms with E-state index < -0.39 is 0 Å². The van der Waals surface area contributed by atoms with Gasteiger partial charge in [-0.2, -0.15) is 0 Å². The molecular weight excluding hydrogens is 194 g/mol. The number of aromatic nitrogens is 1. The largest absolute Gasteiger partial charge is 0.264 e. The molecule has 0 radical (unpaired) electrons. The molecule has 2 aromatic carbocycles. The first kappa shape index (κ1) is 9.10. The summed E-state index contributed by atoms with van der Waals surface area (Å²) in [5.74, 6) is 0. The average molecular weight is 205 g/mol. The van der Waals surface area contributed by atoms with Crippen molar-refractivity contribution >= 4 is 10.8 Å². The minimum Gasteiger partial charge on any atom is -0.264 e. The van der Waals surface area contributed by atoms with Crippen molar-refractivity contribution in [2.45, 2.75) is 0 Å². The highest BCUT2D eigenvalue weighted by Gasteiger charge is 1.98. The normalized spacial score (nSPS) is 10.5. The molecule has 1 nitrogen and oxygen atoms in total. The number of nitrogens with zero attached hydrogens (tertiary/aromatic N) is 1. The van der Waals surface area contributed by atoms with Crippen molar-refractivity contribution in [3.8, 4) is 11.1 Å². The lowest BCUT2D eigenvalue weighted by Crippen LogP contribution is -1.79. The third kappa shape index (κ3) is 1.57. The van der Waals surface area contributed by atoms with Gasteiger partial charge in [0.25, 0.3) is 0 Å². The third-order valence-corrected chi connectivity index (χ3v) is 2.75. The van der Waals surface area contributed by atoms with E-state index in [1.165, 1.54) is 21.9 Å². The molecule has 1 heterocycles. The summed E-state index contributed by atoms with van der Waals surface area (Å²) in [7, 11) is 0. The highest BCUT2D eigenvalue weighted by atomic mass is 14.6. The molecule has 0 fully saturated rings. The molecule has 0 amide bonds. The molecule has 0 aliphatic carbocycles. The first-order valence-electron chi connectivity index (χ1n) is 5.33. The zero-order valence-corrected chi connectivity index (χ0v) is 8.80. The molecule has 76 valence electrons. The van der Waals surface area contributed by atoms with Crippen LogP contribution in [0, 0.1) is 0 Å². The Morgan fingerprint density at radius 3 is 2.44 bits per heavy atom. The van der Waals surface area contributed by atoms with Crippen LogP contribution < -0.4 is 0 Å². The van der Waals surface area contributed by atoms with Gasteiger partial charge in [0.15, 0.2) is 0 Å². The first-order chi connectivity index (χ1) is 7.93. The van der Waals surface area contributed by atoms with Crippen molar-refractivity contribution in [3.63, 3.8) is 0 Å². The molecule has 3 aromatic rings. The van der Waals surface area contributed by atoms with Gasteiger partial charge in [0.2, 0.25) is 0 Å². The van der Waals surface area contributed by atoms with E-state index in [2.05, 4.69) is 47.4 Å². The van der Waals surface area contributed by atoms with E-state index in [-0.39, 0.29) is 0 Å². The van der Waals surface area contributed by atoms with Crippen LogP contribution in [-0.2, 0) is 0 Å². The molecule has 0 aliphatic rings. The number of hydrogen-bond acceptors (Lipinski definition) is 1. The zero-order valence-electron chi connectivity index (χ0n) is 8.80. The Labute approximate surface area is 94.4 Å². The second-order valence-corrected chi connectivity index (χ2v) is 3.80. The number of rotatable bonds is 1. The van der Waals surface area contributed by atoms with Crippen LogP contribution in [-0.4, -0.2) is 4.98 Å². The molecule has 1 aromatic heterocycles. The van der Waals surface area contributed by atoms with Gasteiger partial charge in [-0.05, 0) is 28.6 Å². The molecule has 0 aliphatic heterocycles. The summed E-state index contributed by atoms with van der Waals surface area (Å²) in [6, 6.07) is 18.9. The van der Waals surface area contributed by atoms with E-state index in [1.807, 2.05) is 24.5 Å². The summed E-state index contributed by atoms with van der Waals surface area (Å²) in [5.41, 5.74) is 2.48. The monoisotopic (exact) mass is 205 g/mol. The van der Waals surface area contributed by atoms with Crippen LogP contribution in [0.3, 0.4) is 0 Å². The summed E-state index contributed by atoms with van der Waals surface area (Å²) in [5, 5.41) is 2.42. The molecule has 0 saturated heterocycles. The van der Waals surface area contributed by atoms with Crippen molar-refractivity contribution in [2.75, 3.05) is 0 Å². The van der Waals surface area contributed by atoms with Gasteiger partial charge >= 0.3 is 0 Å². The van der Waals surface area contributed by atoms with Gasteiger partial charge in [-0.1, -0.05) is 42.5 Å². The van der Waals surface area contributed by atoms with Crippen molar-refractivity contribution in [2.24, 2.45) is 0 Å². The van der Waals surface area contributed by atoms with Crippen molar-refractivity contribution in [3.05, 3.63) is 67.0 Å². The van der Waals surface area contributed by atoms with Crippen LogP contribution in [0.15, 0.2) is 67.0 Å².